The van der Waals surface area contributed by atoms with Gasteiger partial charge in [-0.3, -0.25) is 9.69 Å². The lowest BCUT2D eigenvalue weighted by molar-refractivity contribution is 0.240. The van der Waals surface area contributed by atoms with E-state index in [1.807, 2.05) is 36.7 Å². The Morgan fingerprint density at radius 1 is 1.08 bits per heavy atom. The van der Waals surface area contributed by atoms with Crippen molar-refractivity contribution in [2.75, 3.05) is 31.1 Å². The summed E-state index contributed by atoms with van der Waals surface area (Å²) in [5.74, 6) is -0.153. The quantitative estimate of drug-likeness (QED) is 0.887. The third-order valence-electron chi connectivity index (χ3n) is 4.79. The van der Waals surface area contributed by atoms with Crippen molar-refractivity contribution < 1.29 is 5.11 Å². The second-order valence-corrected chi connectivity index (χ2v) is 7.18. The second kappa shape index (κ2) is 7.28. The van der Waals surface area contributed by atoms with Gasteiger partial charge in [-0.25, -0.2) is 0 Å². The minimum Gasteiger partial charge on any atom is -0.503 e. The second-order valence-electron chi connectivity index (χ2n) is 6.37. The Morgan fingerprint density at radius 2 is 1.76 bits per heavy atom. The number of rotatable bonds is 3. The van der Waals surface area contributed by atoms with Gasteiger partial charge in [0.1, 0.15) is 0 Å². The van der Waals surface area contributed by atoms with E-state index >= 15 is 0 Å². The van der Waals surface area contributed by atoms with Gasteiger partial charge in [0.25, 0.3) is 0 Å². The molecule has 0 amide bonds. The van der Waals surface area contributed by atoms with Crippen LogP contribution in [0, 0.1) is 6.92 Å². The van der Waals surface area contributed by atoms with Crippen LogP contribution in [0.5, 0.6) is 5.75 Å². The fourth-order valence-corrected chi connectivity index (χ4v) is 3.40. The van der Waals surface area contributed by atoms with Crippen LogP contribution in [0.4, 0.5) is 5.69 Å². The first-order valence-corrected chi connectivity index (χ1v) is 8.93. The van der Waals surface area contributed by atoms with Crippen molar-refractivity contribution >= 4 is 28.9 Å². The molecule has 1 aromatic carbocycles. The molecule has 1 fully saturated rings. The fourth-order valence-electron chi connectivity index (χ4n) is 3.11. The molecule has 2 aromatic rings. The number of aromatic nitrogens is 1. The van der Waals surface area contributed by atoms with Crippen molar-refractivity contribution in [3.63, 3.8) is 0 Å². The third kappa shape index (κ3) is 3.78. The van der Waals surface area contributed by atoms with Crippen molar-refractivity contribution in [2.24, 2.45) is 7.05 Å². The maximum Gasteiger partial charge on any atom is 0.223 e. The molecule has 5 nitrogen and oxygen atoms in total. The highest BCUT2D eigenvalue weighted by atomic mass is 35.5. The molecule has 2 heterocycles. The monoisotopic (exact) mass is 381 g/mol. The molecule has 1 aromatic heterocycles. The minimum atomic E-state index is -0.319. The lowest BCUT2D eigenvalue weighted by Crippen LogP contribution is -2.46. The Labute approximate surface area is 157 Å². The summed E-state index contributed by atoms with van der Waals surface area (Å²) in [6.07, 6.45) is 0. The summed E-state index contributed by atoms with van der Waals surface area (Å²) >= 11 is 12.1. The molecule has 0 unspecified atom stereocenters. The first kappa shape index (κ1) is 18.1. The molecular weight excluding hydrogens is 361 g/mol. The number of piperazine rings is 1. The van der Waals surface area contributed by atoms with E-state index in [0.717, 1.165) is 37.6 Å². The first-order chi connectivity index (χ1) is 11.9. The Bertz CT molecular complexity index is 843. The Hall–Kier alpha value is -1.69. The molecule has 0 atom stereocenters. The molecule has 7 heteroatoms. The molecule has 0 radical (unpaired) electrons. The maximum atomic E-state index is 11.8. The summed E-state index contributed by atoms with van der Waals surface area (Å²) in [6, 6.07) is 7.13. The topological polar surface area (TPSA) is 48.7 Å². The zero-order valence-electron chi connectivity index (χ0n) is 14.3. The van der Waals surface area contributed by atoms with E-state index in [9.17, 15) is 9.90 Å². The number of halogens is 2. The minimum absolute atomic E-state index is 0.153. The SMILES string of the molecule is Cc1cc(=O)c(O)c(CN2CCN(c3ccc(Cl)c(Cl)c3)CC2)n1C. The van der Waals surface area contributed by atoms with Gasteiger partial charge in [-0.1, -0.05) is 23.2 Å². The van der Waals surface area contributed by atoms with Crippen LogP contribution in [0.3, 0.4) is 0 Å². The number of anilines is 1. The van der Waals surface area contributed by atoms with Crippen LogP contribution in [0.2, 0.25) is 10.0 Å². The molecule has 1 N–H and O–H groups in total. The molecule has 25 heavy (non-hydrogen) atoms. The summed E-state index contributed by atoms with van der Waals surface area (Å²) in [6.45, 7) is 5.78. The predicted octanol–water partition coefficient (Wildman–Crippen LogP) is 3.03. The standard InChI is InChI=1S/C18H21Cl2N3O2/c1-12-9-17(24)18(25)16(21(12)2)11-22-5-7-23(8-6-22)13-3-4-14(19)15(20)10-13/h3-4,9-10,25H,5-8,11H2,1-2H3. The Balaban J connectivity index is 1.69. The molecule has 0 bridgehead atoms. The summed E-state index contributed by atoms with van der Waals surface area (Å²) in [5, 5.41) is 11.2. The van der Waals surface area contributed by atoms with E-state index < -0.39 is 0 Å². The van der Waals surface area contributed by atoms with Gasteiger partial charge >= 0.3 is 0 Å². The molecule has 3 rings (SSSR count). The van der Waals surface area contributed by atoms with Crippen LogP contribution in [0.15, 0.2) is 29.1 Å². The van der Waals surface area contributed by atoms with Crippen LogP contribution in [0.1, 0.15) is 11.4 Å². The van der Waals surface area contributed by atoms with Crippen LogP contribution in [-0.2, 0) is 13.6 Å². The highest BCUT2D eigenvalue weighted by Crippen LogP contribution is 2.28. The van der Waals surface area contributed by atoms with Crippen LogP contribution in [-0.4, -0.2) is 40.8 Å². The van der Waals surface area contributed by atoms with Crippen LogP contribution >= 0.6 is 23.2 Å². The zero-order valence-corrected chi connectivity index (χ0v) is 15.8. The molecule has 0 spiro atoms. The lowest BCUT2D eigenvalue weighted by atomic mass is 10.2. The highest BCUT2D eigenvalue weighted by Gasteiger charge is 2.20. The molecular formula is C18H21Cl2N3O2. The van der Waals surface area contributed by atoms with Gasteiger partial charge in [0.05, 0.1) is 15.7 Å². The van der Waals surface area contributed by atoms with Gasteiger partial charge in [-0.2, -0.15) is 0 Å². The molecule has 1 saturated heterocycles. The average Bonchev–Trinajstić information content (AvgIpc) is 2.60. The van der Waals surface area contributed by atoms with Crippen molar-refractivity contribution in [3.05, 3.63) is 55.9 Å². The lowest BCUT2D eigenvalue weighted by Gasteiger charge is -2.36. The summed E-state index contributed by atoms with van der Waals surface area (Å²) in [5.41, 5.74) is 2.24. The highest BCUT2D eigenvalue weighted by molar-refractivity contribution is 6.42. The number of benzene rings is 1. The van der Waals surface area contributed by atoms with Gasteiger partial charge in [0.2, 0.25) is 5.43 Å². The molecule has 0 aliphatic carbocycles. The largest absolute Gasteiger partial charge is 0.503 e. The van der Waals surface area contributed by atoms with E-state index in [1.54, 1.807) is 0 Å². The Morgan fingerprint density at radius 3 is 2.40 bits per heavy atom. The summed E-state index contributed by atoms with van der Waals surface area (Å²) in [7, 11) is 1.87. The number of hydrogen-bond donors (Lipinski definition) is 1. The van der Waals surface area contributed by atoms with Crippen molar-refractivity contribution in [1.82, 2.24) is 9.47 Å². The number of pyridine rings is 1. The maximum absolute atomic E-state index is 11.8. The number of nitrogens with zero attached hydrogens (tertiary/aromatic N) is 3. The molecule has 0 saturated carbocycles. The summed E-state index contributed by atoms with van der Waals surface area (Å²) in [4.78, 5) is 16.3. The van der Waals surface area contributed by atoms with Gasteiger partial charge in [0, 0.05) is 57.2 Å². The van der Waals surface area contributed by atoms with E-state index in [4.69, 9.17) is 23.2 Å². The first-order valence-electron chi connectivity index (χ1n) is 8.17. The number of aryl methyl sites for hydroxylation is 1. The van der Waals surface area contributed by atoms with Crippen molar-refractivity contribution in [3.8, 4) is 5.75 Å². The third-order valence-corrected chi connectivity index (χ3v) is 5.53. The zero-order chi connectivity index (χ0) is 18.1. The van der Waals surface area contributed by atoms with Gasteiger partial charge in [-0.05, 0) is 25.1 Å². The molecule has 134 valence electrons. The predicted molar refractivity (Wildman–Crippen MR) is 102 cm³/mol. The Kier molecular flexibility index (Phi) is 5.27. The van der Waals surface area contributed by atoms with E-state index in [-0.39, 0.29) is 11.2 Å². The van der Waals surface area contributed by atoms with E-state index in [0.29, 0.717) is 22.3 Å². The molecule has 1 aliphatic rings. The normalized spacial score (nSPS) is 15.6. The fraction of sp³-hybridized carbons (Fsp3) is 0.389. The van der Waals surface area contributed by atoms with Gasteiger partial charge in [-0.15, -0.1) is 0 Å². The molecule has 1 aliphatic heterocycles. The van der Waals surface area contributed by atoms with Crippen molar-refractivity contribution in [2.45, 2.75) is 13.5 Å². The number of aromatic hydroxyl groups is 1. The smallest absolute Gasteiger partial charge is 0.223 e. The summed E-state index contributed by atoms with van der Waals surface area (Å²) < 4.78 is 1.88. The van der Waals surface area contributed by atoms with E-state index in [2.05, 4.69) is 9.80 Å². The average molecular weight is 382 g/mol. The number of hydrogen-bond acceptors (Lipinski definition) is 4. The van der Waals surface area contributed by atoms with Crippen LogP contribution in [0.25, 0.3) is 0 Å². The van der Waals surface area contributed by atoms with Gasteiger partial charge < -0.3 is 14.6 Å². The van der Waals surface area contributed by atoms with Gasteiger partial charge in [0.15, 0.2) is 5.75 Å². The van der Waals surface area contributed by atoms with Crippen LogP contribution < -0.4 is 10.3 Å². The van der Waals surface area contributed by atoms with E-state index in [1.165, 1.54) is 6.07 Å². The van der Waals surface area contributed by atoms with Crippen molar-refractivity contribution in [1.29, 1.82) is 0 Å².